The SMILES string of the molecule is CCOC(=O)c1nn(-c2cnc(OC)nc2)c2cccc(C#N)c2c1=O. The molecule has 9 heteroatoms. The number of benzene rings is 1. The molecule has 0 aliphatic heterocycles. The largest absolute Gasteiger partial charge is 0.467 e. The minimum absolute atomic E-state index is 0.0730. The predicted octanol–water partition coefficient (Wildman–Crippen LogP) is 1.23. The van der Waals surface area contributed by atoms with Crippen LogP contribution in [-0.4, -0.2) is 39.4 Å². The third-order valence-electron chi connectivity index (χ3n) is 3.54. The minimum atomic E-state index is -0.865. The van der Waals surface area contributed by atoms with E-state index >= 15 is 0 Å². The topological polar surface area (TPSA) is 120 Å². The molecule has 1 aromatic carbocycles. The summed E-state index contributed by atoms with van der Waals surface area (Å²) in [5, 5.41) is 13.5. The molecule has 2 aromatic heterocycles. The molecular weight excluding hydrogens is 338 g/mol. The van der Waals surface area contributed by atoms with Gasteiger partial charge in [0, 0.05) is 0 Å². The summed E-state index contributed by atoms with van der Waals surface area (Å²) in [4.78, 5) is 32.9. The van der Waals surface area contributed by atoms with E-state index in [0.29, 0.717) is 11.2 Å². The van der Waals surface area contributed by atoms with Gasteiger partial charge in [-0.1, -0.05) is 6.07 Å². The van der Waals surface area contributed by atoms with Crippen LogP contribution in [0.2, 0.25) is 0 Å². The highest BCUT2D eigenvalue weighted by Crippen LogP contribution is 2.18. The summed E-state index contributed by atoms with van der Waals surface area (Å²) >= 11 is 0. The Morgan fingerprint density at radius 3 is 2.65 bits per heavy atom. The van der Waals surface area contributed by atoms with Gasteiger partial charge >= 0.3 is 12.0 Å². The van der Waals surface area contributed by atoms with E-state index in [2.05, 4.69) is 15.1 Å². The van der Waals surface area contributed by atoms with Crippen LogP contribution < -0.4 is 10.2 Å². The standard InChI is InChI=1S/C17H13N5O4/c1-3-26-16(24)14-15(23)13-10(7-18)5-4-6-12(13)22(21-14)11-8-19-17(25-2)20-9-11/h4-6,8-9H,3H2,1-2H3. The van der Waals surface area contributed by atoms with Crippen molar-refractivity contribution in [3.63, 3.8) is 0 Å². The lowest BCUT2D eigenvalue weighted by Crippen LogP contribution is -2.24. The predicted molar refractivity (Wildman–Crippen MR) is 90.2 cm³/mol. The summed E-state index contributed by atoms with van der Waals surface area (Å²) in [5.41, 5.74) is -0.227. The zero-order valence-corrected chi connectivity index (χ0v) is 14.0. The first-order chi connectivity index (χ1) is 12.6. The van der Waals surface area contributed by atoms with Crippen LogP contribution in [-0.2, 0) is 4.74 Å². The first-order valence-electron chi connectivity index (χ1n) is 7.60. The van der Waals surface area contributed by atoms with Crippen molar-refractivity contribution in [2.45, 2.75) is 6.92 Å². The van der Waals surface area contributed by atoms with Gasteiger partial charge in [-0.15, -0.1) is 0 Å². The third kappa shape index (κ3) is 2.84. The van der Waals surface area contributed by atoms with Crippen LogP contribution in [0.1, 0.15) is 23.0 Å². The van der Waals surface area contributed by atoms with Gasteiger partial charge in [-0.25, -0.2) is 19.4 Å². The van der Waals surface area contributed by atoms with Gasteiger partial charge in [0.15, 0.2) is 0 Å². The van der Waals surface area contributed by atoms with E-state index in [9.17, 15) is 14.9 Å². The Morgan fingerprint density at radius 2 is 2.04 bits per heavy atom. The number of esters is 1. The smallest absolute Gasteiger partial charge is 0.362 e. The second-order valence-corrected chi connectivity index (χ2v) is 5.05. The number of hydrogen-bond donors (Lipinski definition) is 0. The van der Waals surface area contributed by atoms with E-state index in [-0.39, 0.29) is 23.6 Å². The molecule has 0 atom stereocenters. The van der Waals surface area contributed by atoms with E-state index in [4.69, 9.17) is 9.47 Å². The molecule has 0 aliphatic carbocycles. The number of fused-ring (bicyclic) bond motifs is 1. The molecule has 0 unspecified atom stereocenters. The summed E-state index contributed by atoms with van der Waals surface area (Å²) in [6.07, 6.45) is 2.85. The highest BCUT2D eigenvalue weighted by Gasteiger charge is 2.21. The maximum Gasteiger partial charge on any atom is 0.362 e. The number of nitriles is 1. The molecule has 0 fully saturated rings. The molecule has 0 saturated heterocycles. The Balaban J connectivity index is 2.37. The Hall–Kier alpha value is -3.80. The molecule has 0 amide bonds. The van der Waals surface area contributed by atoms with Gasteiger partial charge in [0.25, 0.3) is 0 Å². The first-order valence-corrected chi connectivity index (χ1v) is 7.60. The Bertz CT molecular complexity index is 1080. The van der Waals surface area contributed by atoms with Gasteiger partial charge in [0.2, 0.25) is 11.1 Å². The van der Waals surface area contributed by atoms with Crippen LogP contribution in [0.25, 0.3) is 16.6 Å². The molecule has 130 valence electrons. The number of aromatic nitrogens is 4. The summed E-state index contributed by atoms with van der Waals surface area (Å²) in [5.74, 6) is -0.865. The van der Waals surface area contributed by atoms with Crippen molar-refractivity contribution < 1.29 is 14.3 Å². The molecule has 9 nitrogen and oxygen atoms in total. The second-order valence-electron chi connectivity index (χ2n) is 5.05. The quantitative estimate of drug-likeness (QED) is 0.644. The molecule has 0 aliphatic rings. The van der Waals surface area contributed by atoms with Crippen LogP contribution in [0.5, 0.6) is 6.01 Å². The fraction of sp³-hybridized carbons (Fsp3) is 0.176. The van der Waals surface area contributed by atoms with E-state index in [1.807, 2.05) is 6.07 Å². The van der Waals surface area contributed by atoms with Gasteiger partial charge in [-0.2, -0.15) is 10.4 Å². The van der Waals surface area contributed by atoms with Crippen molar-refractivity contribution >= 4 is 16.9 Å². The molecule has 0 bridgehead atoms. The molecule has 0 radical (unpaired) electrons. The van der Waals surface area contributed by atoms with Crippen LogP contribution in [0.15, 0.2) is 35.4 Å². The van der Waals surface area contributed by atoms with Crippen LogP contribution in [0.4, 0.5) is 0 Å². The summed E-state index contributed by atoms with van der Waals surface area (Å²) in [7, 11) is 1.43. The van der Waals surface area contributed by atoms with E-state index in [0.717, 1.165) is 0 Å². The summed E-state index contributed by atoms with van der Waals surface area (Å²) < 4.78 is 11.2. The van der Waals surface area contributed by atoms with Gasteiger partial charge in [0.05, 0.1) is 48.6 Å². The van der Waals surface area contributed by atoms with Crippen molar-refractivity contribution in [1.82, 2.24) is 19.7 Å². The van der Waals surface area contributed by atoms with E-state index < -0.39 is 17.1 Å². The first kappa shape index (κ1) is 17.0. The molecule has 0 spiro atoms. The number of nitrogens with zero attached hydrogens (tertiary/aromatic N) is 5. The normalized spacial score (nSPS) is 10.3. The number of hydrogen-bond acceptors (Lipinski definition) is 8. The average Bonchev–Trinajstić information content (AvgIpc) is 2.68. The van der Waals surface area contributed by atoms with Crippen molar-refractivity contribution in [3.8, 4) is 17.8 Å². The molecule has 2 heterocycles. The van der Waals surface area contributed by atoms with Gasteiger partial charge < -0.3 is 9.47 Å². The Morgan fingerprint density at radius 1 is 1.31 bits per heavy atom. The number of methoxy groups -OCH3 is 1. The number of carbonyl (C=O) groups is 1. The highest BCUT2D eigenvalue weighted by molar-refractivity contribution is 5.94. The van der Waals surface area contributed by atoms with Gasteiger partial charge in [-0.3, -0.25) is 4.79 Å². The number of rotatable bonds is 4. The molecule has 0 N–H and O–H groups in total. The van der Waals surface area contributed by atoms with E-state index in [1.165, 1.54) is 30.3 Å². The Labute approximate surface area is 147 Å². The zero-order chi connectivity index (χ0) is 18.7. The number of carbonyl (C=O) groups excluding carboxylic acids is 1. The number of ether oxygens (including phenoxy) is 2. The molecule has 0 saturated carbocycles. The van der Waals surface area contributed by atoms with Gasteiger partial charge in [-0.05, 0) is 19.1 Å². The summed E-state index contributed by atoms with van der Waals surface area (Å²) in [6.45, 7) is 1.71. The van der Waals surface area contributed by atoms with Crippen molar-refractivity contribution in [2.75, 3.05) is 13.7 Å². The van der Waals surface area contributed by atoms with Gasteiger partial charge in [0.1, 0.15) is 5.69 Å². The second kappa shape index (κ2) is 6.98. The maximum atomic E-state index is 12.7. The van der Waals surface area contributed by atoms with Crippen molar-refractivity contribution in [2.24, 2.45) is 0 Å². The highest BCUT2D eigenvalue weighted by atomic mass is 16.5. The van der Waals surface area contributed by atoms with Crippen LogP contribution in [0.3, 0.4) is 0 Å². The van der Waals surface area contributed by atoms with Crippen molar-refractivity contribution in [1.29, 1.82) is 5.26 Å². The monoisotopic (exact) mass is 351 g/mol. The minimum Gasteiger partial charge on any atom is -0.467 e. The van der Waals surface area contributed by atoms with Crippen molar-refractivity contribution in [3.05, 3.63) is 52.1 Å². The summed E-state index contributed by atoms with van der Waals surface area (Å²) in [6, 6.07) is 6.84. The lowest BCUT2D eigenvalue weighted by molar-refractivity contribution is 0.0516. The molecule has 3 aromatic rings. The lowest BCUT2D eigenvalue weighted by Gasteiger charge is -2.12. The van der Waals surface area contributed by atoms with Crippen LogP contribution >= 0.6 is 0 Å². The third-order valence-corrected chi connectivity index (χ3v) is 3.54. The fourth-order valence-electron chi connectivity index (χ4n) is 2.42. The fourth-order valence-corrected chi connectivity index (χ4v) is 2.42. The Kier molecular flexibility index (Phi) is 4.57. The average molecular weight is 351 g/mol. The molecule has 3 rings (SSSR count). The lowest BCUT2D eigenvalue weighted by atomic mass is 10.1. The zero-order valence-electron chi connectivity index (χ0n) is 14.0. The molecular formula is C17H13N5O4. The maximum absolute atomic E-state index is 12.7. The van der Waals surface area contributed by atoms with E-state index in [1.54, 1.807) is 19.1 Å². The van der Waals surface area contributed by atoms with Crippen LogP contribution in [0, 0.1) is 11.3 Å². The molecule has 26 heavy (non-hydrogen) atoms.